The summed E-state index contributed by atoms with van der Waals surface area (Å²) in [4.78, 5) is 22.3. The normalized spacial score (nSPS) is 20.7. The average Bonchev–Trinajstić information content (AvgIpc) is 3.49. The van der Waals surface area contributed by atoms with E-state index in [2.05, 4.69) is 29.6 Å². The van der Waals surface area contributed by atoms with Crippen molar-refractivity contribution in [1.82, 2.24) is 9.97 Å². The molecule has 0 saturated heterocycles. The molecule has 152 valence electrons. The standard InChI is InChI=1S/C25H31N3O/c1-17(29)25(15-4-5-16-25)19-11-13-20(14-12-19)26-24-21-9-6-10-22(21)27-23(28-24)18-7-2-3-8-18/h11-14,18H,2-10,15-16H2,1H3,(H,26,27,28). The van der Waals surface area contributed by atoms with Crippen molar-refractivity contribution in [3.63, 3.8) is 0 Å². The van der Waals surface area contributed by atoms with E-state index in [0.29, 0.717) is 11.7 Å². The summed E-state index contributed by atoms with van der Waals surface area (Å²) < 4.78 is 0. The SMILES string of the molecule is CC(=O)C1(c2ccc(Nc3nc(C4CCCC4)nc4c3CCC4)cc2)CCCC1. The predicted molar refractivity (Wildman–Crippen MR) is 116 cm³/mol. The second kappa shape index (κ2) is 7.55. The highest BCUT2D eigenvalue weighted by Crippen LogP contribution is 2.42. The number of nitrogens with one attached hydrogen (secondary N) is 1. The minimum absolute atomic E-state index is 0.260. The van der Waals surface area contributed by atoms with Crippen LogP contribution in [0.1, 0.15) is 93.3 Å². The quantitative estimate of drug-likeness (QED) is 0.705. The molecule has 29 heavy (non-hydrogen) atoms. The molecule has 3 aliphatic rings. The molecule has 1 heterocycles. The van der Waals surface area contributed by atoms with Crippen molar-refractivity contribution in [2.45, 2.75) is 88.9 Å². The van der Waals surface area contributed by atoms with Crippen molar-refractivity contribution in [2.75, 3.05) is 5.32 Å². The van der Waals surface area contributed by atoms with Crippen molar-refractivity contribution in [2.24, 2.45) is 0 Å². The van der Waals surface area contributed by atoms with Gasteiger partial charge in [-0.2, -0.15) is 0 Å². The number of nitrogens with zero attached hydrogens (tertiary/aromatic N) is 2. The summed E-state index contributed by atoms with van der Waals surface area (Å²) in [5, 5.41) is 3.59. The van der Waals surface area contributed by atoms with Crippen LogP contribution in [0.5, 0.6) is 0 Å². The van der Waals surface area contributed by atoms with Gasteiger partial charge in [0.25, 0.3) is 0 Å². The summed E-state index contributed by atoms with van der Waals surface area (Å²) in [5.41, 5.74) is 4.52. The van der Waals surface area contributed by atoms with Gasteiger partial charge >= 0.3 is 0 Å². The molecule has 3 aliphatic carbocycles. The first-order chi connectivity index (χ1) is 14.2. The van der Waals surface area contributed by atoms with Crippen molar-refractivity contribution in [3.8, 4) is 0 Å². The zero-order chi connectivity index (χ0) is 19.8. The Labute approximate surface area is 173 Å². The fourth-order valence-corrected chi connectivity index (χ4v) is 5.75. The van der Waals surface area contributed by atoms with Crippen molar-refractivity contribution in [3.05, 3.63) is 46.9 Å². The lowest BCUT2D eigenvalue weighted by atomic mass is 9.76. The zero-order valence-corrected chi connectivity index (χ0v) is 17.5. The van der Waals surface area contributed by atoms with E-state index in [1.807, 2.05) is 0 Å². The first kappa shape index (κ1) is 18.8. The van der Waals surface area contributed by atoms with Gasteiger partial charge in [0.1, 0.15) is 17.4 Å². The summed E-state index contributed by atoms with van der Waals surface area (Å²) in [6.07, 6.45) is 12.6. The van der Waals surface area contributed by atoms with Gasteiger partial charge in [-0.05, 0) is 69.6 Å². The van der Waals surface area contributed by atoms with Crippen LogP contribution in [0.2, 0.25) is 0 Å². The molecule has 1 aromatic carbocycles. The minimum atomic E-state index is -0.260. The maximum absolute atomic E-state index is 12.4. The Morgan fingerprint density at radius 2 is 1.69 bits per heavy atom. The van der Waals surface area contributed by atoms with Gasteiger partial charge in [0.15, 0.2) is 0 Å². The smallest absolute Gasteiger partial charge is 0.140 e. The lowest BCUT2D eigenvalue weighted by molar-refractivity contribution is -0.122. The molecule has 1 N–H and O–H groups in total. The summed E-state index contributed by atoms with van der Waals surface area (Å²) >= 11 is 0. The molecule has 4 heteroatoms. The van der Waals surface area contributed by atoms with Crippen LogP contribution in [-0.2, 0) is 23.1 Å². The number of fused-ring (bicyclic) bond motifs is 1. The number of aromatic nitrogens is 2. The molecule has 0 amide bonds. The highest BCUT2D eigenvalue weighted by Gasteiger charge is 2.39. The molecule has 0 radical (unpaired) electrons. The molecular weight excluding hydrogens is 358 g/mol. The van der Waals surface area contributed by atoms with E-state index in [1.165, 1.54) is 48.9 Å². The van der Waals surface area contributed by atoms with Crippen LogP contribution in [0.25, 0.3) is 0 Å². The molecule has 4 nitrogen and oxygen atoms in total. The predicted octanol–water partition coefficient (Wildman–Crippen LogP) is 5.77. The number of carbonyl (C=O) groups excluding carboxylic acids is 1. The van der Waals surface area contributed by atoms with E-state index in [-0.39, 0.29) is 5.41 Å². The number of aryl methyl sites for hydroxylation is 1. The molecule has 0 spiro atoms. The Morgan fingerprint density at radius 1 is 0.966 bits per heavy atom. The van der Waals surface area contributed by atoms with E-state index in [9.17, 15) is 4.79 Å². The number of ketones is 1. The second-order valence-electron chi connectivity index (χ2n) is 9.24. The van der Waals surface area contributed by atoms with Crippen LogP contribution < -0.4 is 5.32 Å². The van der Waals surface area contributed by atoms with Gasteiger partial charge in [-0.1, -0.05) is 37.8 Å². The number of rotatable bonds is 5. The summed E-state index contributed by atoms with van der Waals surface area (Å²) in [6.45, 7) is 1.76. The van der Waals surface area contributed by atoms with Gasteiger partial charge in [-0.25, -0.2) is 9.97 Å². The molecule has 5 rings (SSSR count). The number of hydrogen-bond donors (Lipinski definition) is 1. The molecule has 2 aromatic rings. The lowest BCUT2D eigenvalue weighted by Gasteiger charge is -2.26. The van der Waals surface area contributed by atoms with E-state index in [0.717, 1.165) is 55.9 Å². The fraction of sp³-hybridized carbons (Fsp3) is 0.560. The maximum Gasteiger partial charge on any atom is 0.140 e. The van der Waals surface area contributed by atoms with E-state index in [4.69, 9.17) is 9.97 Å². The van der Waals surface area contributed by atoms with Crippen molar-refractivity contribution in [1.29, 1.82) is 0 Å². The molecule has 1 aromatic heterocycles. The van der Waals surface area contributed by atoms with Gasteiger partial charge in [-0.15, -0.1) is 0 Å². The third-order valence-electron chi connectivity index (χ3n) is 7.50. The summed E-state index contributed by atoms with van der Waals surface area (Å²) in [7, 11) is 0. The van der Waals surface area contributed by atoms with Crippen LogP contribution in [0.4, 0.5) is 11.5 Å². The molecule has 2 saturated carbocycles. The van der Waals surface area contributed by atoms with Gasteiger partial charge in [0.05, 0.1) is 5.41 Å². The number of hydrogen-bond acceptors (Lipinski definition) is 4. The third kappa shape index (κ3) is 3.37. The molecule has 0 aliphatic heterocycles. The Hall–Kier alpha value is -2.23. The molecule has 0 bridgehead atoms. The Kier molecular flexibility index (Phi) is 4.89. The molecule has 0 unspecified atom stereocenters. The summed E-state index contributed by atoms with van der Waals surface area (Å²) in [6, 6.07) is 8.54. The topological polar surface area (TPSA) is 54.9 Å². The van der Waals surface area contributed by atoms with Gasteiger partial charge in [-0.3, -0.25) is 4.79 Å². The largest absolute Gasteiger partial charge is 0.340 e. The minimum Gasteiger partial charge on any atom is -0.340 e. The molecular formula is C25H31N3O. The van der Waals surface area contributed by atoms with E-state index < -0.39 is 0 Å². The van der Waals surface area contributed by atoms with Gasteiger partial charge < -0.3 is 5.32 Å². The van der Waals surface area contributed by atoms with Crippen LogP contribution in [0.3, 0.4) is 0 Å². The van der Waals surface area contributed by atoms with E-state index in [1.54, 1.807) is 6.92 Å². The average molecular weight is 390 g/mol. The molecule has 2 fully saturated rings. The number of Topliss-reactive ketones (excluding diaryl/α,β-unsaturated/α-hetero) is 1. The number of anilines is 2. The fourth-order valence-electron chi connectivity index (χ4n) is 5.75. The van der Waals surface area contributed by atoms with Crippen LogP contribution in [0.15, 0.2) is 24.3 Å². The monoisotopic (exact) mass is 389 g/mol. The van der Waals surface area contributed by atoms with Crippen LogP contribution in [-0.4, -0.2) is 15.8 Å². The van der Waals surface area contributed by atoms with Crippen LogP contribution in [0, 0.1) is 0 Å². The first-order valence-electron chi connectivity index (χ1n) is 11.4. The molecule has 0 atom stereocenters. The van der Waals surface area contributed by atoms with Crippen LogP contribution >= 0.6 is 0 Å². The second-order valence-corrected chi connectivity index (χ2v) is 9.24. The van der Waals surface area contributed by atoms with E-state index >= 15 is 0 Å². The summed E-state index contributed by atoms with van der Waals surface area (Å²) in [5.74, 6) is 2.89. The number of carbonyl (C=O) groups is 1. The van der Waals surface area contributed by atoms with Gasteiger partial charge in [0, 0.05) is 22.9 Å². The van der Waals surface area contributed by atoms with Crippen molar-refractivity contribution >= 4 is 17.3 Å². The van der Waals surface area contributed by atoms with Gasteiger partial charge in [0.2, 0.25) is 0 Å². The lowest BCUT2D eigenvalue weighted by Crippen LogP contribution is -2.30. The Balaban J connectivity index is 1.42. The highest BCUT2D eigenvalue weighted by atomic mass is 16.1. The Morgan fingerprint density at radius 3 is 2.38 bits per heavy atom. The Bertz CT molecular complexity index is 906. The maximum atomic E-state index is 12.4. The highest BCUT2D eigenvalue weighted by molar-refractivity contribution is 5.88. The number of benzene rings is 1. The zero-order valence-electron chi connectivity index (χ0n) is 17.5. The first-order valence-corrected chi connectivity index (χ1v) is 11.4. The van der Waals surface area contributed by atoms with Crippen molar-refractivity contribution < 1.29 is 4.79 Å². The third-order valence-corrected chi connectivity index (χ3v) is 7.50.